The number of hydrogen-bond acceptors (Lipinski definition) is 6. The highest BCUT2D eigenvalue weighted by atomic mass is 32.2. The van der Waals surface area contributed by atoms with Crippen LogP contribution in [0.15, 0.2) is 23.1 Å². The number of nitrogens with two attached hydrogens (primary N) is 1. The van der Waals surface area contributed by atoms with Crippen molar-refractivity contribution >= 4 is 25.5 Å². The van der Waals surface area contributed by atoms with E-state index in [0.717, 1.165) is 0 Å². The van der Waals surface area contributed by atoms with Gasteiger partial charge in [0.2, 0.25) is 10.0 Å². The van der Waals surface area contributed by atoms with Crippen molar-refractivity contribution in [3.63, 3.8) is 0 Å². The number of sulfone groups is 1. The molecule has 1 aliphatic heterocycles. The van der Waals surface area contributed by atoms with Gasteiger partial charge in [-0.3, -0.25) is 0 Å². The van der Waals surface area contributed by atoms with Gasteiger partial charge in [0.1, 0.15) is 10.6 Å². The van der Waals surface area contributed by atoms with Gasteiger partial charge in [-0.2, -0.15) is 0 Å². The summed E-state index contributed by atoms with van der Waals surface area (Å²) in [7, 11) is -5.80. The molecule has 1 fully saturated rings. The van der Waals surface area contributed by atoms with E-state index in [9.17, 15) is 16.8 Å². The van der Waals surface area contributed by atoms with Crippen molar-refractivity contribution in [2.45, 2.75) is 23.8 Å². The molecule has 9 heteroatoms. The Labute approximate surface area is 124 Å². The molecule has 0 aliphatic carbocycles. The van der Waals surface area contributed by atoms with Gasteiger partial charge in [-0.15, -0.1) is 0 Å². The molecule has 3 N–H and O–H groups in total. The Balaban J connectivity index is 2.38. The summed E-state index contributed by atoms with van der Waals surface area (Å²) in [6.07, 6.45) is 0.235. The molecular formula is C12H18N2O5S2. The van der Waals surface area contributed by atoms with E-state index >= 15 is 0 Å². The molecule has 2 rings (SSSR count). The van der Waals surface area contributed by atoms with Crippen molar-refractivity contribution in [3.05, 3.63) is 18.2 Å². The van der Waals surface area contributed by atoms with Crippen LogP contribution in [0, 0.1) is 0 Å². The molecule has 0 radical (unpaired) electrons. The number of anilines is 1. The number of benzene rings is 1. The minimum atomic E-state index is -3.94. The summed E-state index contributed by atoms with van der Waals surface area (Å²) in [5.74, 6) is -0.0922. The van der Waals surface area contributed by atoms with Crippen LogP contribution in [-0.2, 0) is 19.9 Å². The second-order valence-corrected chi connectivity index (χ2v) is 9.25. The molecule has 1 aromatic rings. The van der Waals surface area contributed by atoms with E-state index in [-0.39, 0.29) is 34.3 Å². The summed E-state index contributed by atoms with van der Waals surface area (Å²) in [6.45, 7) is 1.58. The molecule has 1 heterocycles. The Bertz CT molecular complexity index is 758. The lowest BCUT2D eigenvalue weighted by Gasteiger charge is -2.24. The first-order valence-electron chi connectivity index (χ1n) is 6.25. The first-order valence-corrected chi connectivity index (χ1v) is 9.55. The summed E-state index contributed by atoms with van der Waals surface area (Å²) < 4.78 is 55.6. The Morgan fingerprint density at radius 3 is 2.57 bits per heavy atom. The zero-order valence-electron chi connectivity index (χ0n) is 11.8. The molecule has 118 valence electrons. The molecular weight excluding hydrogens is 316 g/mol. The SMILES string of the molecule is COc1ccc(N)cc1S(=O)(=O)NC1(C)CCS(=O)(=O)C1. The highest BCUT2D eigenvalue weighted by Crippen LogP contribution is 2.30. The number of methoxy groups -OCH3 is 1. The standard InChI is InChI=1S/C12H18N2O5S2/c1-12(5-6-20(15,16)8-12)14-21(17,18)11-7-9(13)3-4-10(11)19-2/h3-4,7,14H,5-6,8,13H2,1-2H3. The largest absolute Gasteiger partial charge is 0.495 e. The third-order valence-electron chi connectivity index (χ3n) is 3.36. The van der Waals surface area contributed by atoms with Gasteiger partial charge in [0.25, 0.3) is 0 Å². The topological polar surface area (TPSA) is 116 Å². The number of nitrogens with one attached hydrogen (secondary N) is 1. The molecule has 0 spiro atoms. The Hall–Kier alpha value is -1.32. The van der Waals surface area contributed by atoms with E-state index < -0.39 is 25.4 Å². The maximum atomic E-state index is 12.5. The van der Waals surface area contributed by atoms with Crippen LogP contribution < -0.4 is 15.2 Å². The number of nitrogen functional groups attached to an aromatic ring is 1. The molecule has 0 bridgehead atoms. The Morgan fingerprint density at radius 2 is 2.05 bits per heavy atom. The molecule has 1 unspecified atom stereocenters. The van der Waals surface area contributed by atoms with Crippen molar-refractivity contribution in [2.75, 3.05) is 24.3 Å². The Kier molecular flexibility index (Phi) is 3.94. The highest BCUT2D eigenvalue weighted by molar-refractivity contribution is 7.92. The van der Waals surface area contributed by atoms with E-state index in [4.69, 9.17) is 10.5 Å². The van der Waals surface area contributed by atoms with Crippen molar-refractivity contribution in [3.8, 4) is 5.75 Å². The third-order valence-corrected chi connectivity index (χ3v) is 6.92. The second-order valence-electron chi connectivity index (χ2n) is 5.42. The summed E-state index contributed by atoms with van der Waals surface area (Å²) in [5, 5.41) is 0. The highest BCUT2D eigenvalue weighted by Gasteiger charge is 2.41. The van der Waals surface area contributed by atoms with Gasteiger partial charge in [-0.25, -0.2) is 21.6 Å². The third kappa shape index (κ3) is 3.47. The monoisotopic (exact) mass is 334 g/mol. The minimum Gasteiger partial charge on any atom is -0.495 e. The zero-order valence-corrected chi connectivity index (χ0v) is 13.4. The molecule has 0 saturated carbocycles. The van der Waals surface area contributed by atoms with Gasteiger partial charge in [-0.05, 0) is 31.5 Å². The molecule has 1 atom stereocenters. The fourth-order valence-electron chi connectivity index (χ4n) is 2.37. The van der Waals surface area contributed by atoms with Crippen LogP contribution >= 0.6 is 0 Å². The number of hydrogen-bond donors (Lipinski definition) is 2. The quantitative estimate of drug-likeness (QED) is 0.756. The van der Waals surface area contributed by atoms with Crippen molar-refractivity contribution in [1.29, 1.82) is 0 Å². The summed E-state index contributed by atoms with van der Waals surface area (Å²) in [4.78, 5) is -0.101. The van der Waals surface area contributed by atoms with E-state index in [1.807, 2.05) is 0 Å². The second kappa shape index (κ2) is 5.15. The Morgan fingerprint density at radius 1 is 1.38 bits per heavy atom. The number of ether oxygens (including phenoxy) is 1. The van der Waals surface area contributed by atoms with Crippen LogP contribution in [0.2, 0.25) is 0 Å². The van der Waals surface area contributed by atoms with Gasteiger partial charge in [0.15, 0.2) is 9.84 Å². The fourth-order valence-corrected chi connectivity index (χ4v) is 6.20. The first-order chi connectivity index (χ1) is 9.57. The van der Waals surface area contributed by atoms with E-state index in [1.54, 1.807) is 6.92 Å². The molecule has 1 aliphatic rings. The first kappa shape index (κ1) is 16.1. The van der Waals surface area contributed by atoms with E-state index in [2.05, 4.69) is 4.72 Å². The summed E-state index contributed by atoms with van der Waals surface area (Å²) in [6, 6.07) is 4.27. The van der Waals surface area contributed by atoms with Crippen LogP contribution in [0.1, 0.15) is 13.3 Å². The molecule has 21 heavy (non-hydrogen) atoms. The summed E-state index contributed by atoms with van der Waals surface area (Å²) in [5.41, 5.74) is 4.88. The van der Waals surface area contributed by atoms with Crippen molar-refractivity contribution < 1.29 is 21.6 Å². The average Bonchev–Trinajstić information content (AvgIpc) is 2.62. The van der Waals surface area contributed by atoms with Crippen molar-refractivity contribution in [1.82, 2.24) is 4.72 Å². The van der Waals surface area contributed by atoms with Crippen molar-refractivity contribution in [2.24, 2.45) is 0 Å². The van der Waals surface area contributed by atoms with Crippen LogP contribution in [0.5, 0.6) is 5.75 Å². The predicted octanol–water partition coefficient (Wildman–Crippen LogP) is 0.133. The maximum Gasteiger partial charge on any atom is 0.244 e. The number of sulfonamides is 1. The van der Waals surface area contributed by atoms with Crippen LogP contribution in [0.3, 0.4) is 0 Å². The van der Waals surface area contributed by atoms with Crippen LogP contribution in [-0.4, -0.2) is 41.0 Å². The molecule has 1 aromatic carbocycles. The number of rotatable bonds is 4. The van der Waals surface area contributed by atoms with E-state index in [0.29, 0.717) is 0 Å². The lowest BCUT2D eigenvalue weighted by atomic mass is 10.0. The molecule has 7 nitrogen and oxygen atoms in total. The lowest BCUT2D eigenvalue weighted by molar-refractivity contribution is 0.400. The average molecular weight is 334 g/mol. The lowest BCUT2D eigenvalue weighted by Crippen LogP contribution is -2.46. The molecule has 1 saturated heterocycles. The van der Waals surface area contributed by atoms with Gasteiger partial charge in [-0.1, -0.05) is 0 Å². The molecule has 0 aromatic heterocycles. The smallest absolute Gasteiger partial charge is 0.244 e. The normalized spacial score (nSPS) is 24.9. The predicted molar refractivity (Wildman–Crippen MR) is 79.4 cm³/mol. The maximum absolute atomic E-state index is 12.5. The van der Waals surface area contributed by atoms with Crippen LogP contribution in [0.4, 0.5) is 5.69 Å². The minimum absolute atomic E-state index is 0.0277. The fraction of sp³-hybridized carbons (Fsp3) is 0.500. The van der Waals surface area contributed by atoms with E-state index in [1.165, 1.54) is 25.3 Å². The van der Waals surface area contributed by atoms with Gasteiger partial charge < -0.3 is 10.5 Å². The molecule has 0 amide bonds. The zero-order chi connectivity index (χ0) is 15.9. The van der Waals surface area contributed by atoms with Gasteiger partial charge in [0.05, 0.1) is 18.6 Å². The summed E-state index contributed by atoms with van der Waals surface area (Å²) >= 11 is 0. The van der Waals surface area contributed by atoms with Gasteiger partial charge in [0, 0.05) is 11.2 Å². The van der Waals surface area contributed by atoms with Gasteiger partial charge >= 0.3 is 0 Å². The van der Waals surface area contributed by atoms with Crippen LogP contribution in [0.25, 0.3) is 0 Å².